The lowest BCUT2D eigenvalue weighted by Crippen LogP contribution is -2.09. The van der Waals surface area contributed by atoms with Crippen LogP contribution in [-0.2, 0) is 13.6 Å². The molecule has 2 N–H and O–H groups in total. The van der Waals surface area contributed by atoms with Gasteiger partial charge in [0.15, 0.2) is 5.82 Å². The molecule has 17 heavy (non-hydrogen) atoms. The Morgan fingerprint density at radius 2 is 2.41 bits per heavy atom. The van der Waals surface area contributed by atoms with Crippen LogP contribution in [0.15, 0.2) is 24.8 Å². The molecular weight excluding hydrogens is 222 g/mol. The zero-order valence-electron chi connectivity index (χ0n) is 9.16. The van der Waals surface area contributed by atoms with Crippen LogP contribution in [0.2, 0.25) is 0 Å². The van der Waals surface area contributed by atoms with Gasteiger partial charge in [0.2, 0.25) is 0 Å². The zero-order valence-corrected chi connectivity index (χ0v) is 9.16. The summed E-state index contributed by atoms with van der Waals surface area (Å²) in [5.41, 5.74) is 0.644. The predicted molar refractivity (Wildman–Crippen MR) is 59.5 cm³/mol. The molecule has 0 saturated heterocycles. The van der Waals surface area contributed by atoms with Crippen molar-refractivity contribution in [2.24, 2.45) is 7.05 Å². The number of aromatic nitrogens is 4. The normalized spacial score (nSPS) is 10.2. The number of aryl methyl sites for hydroxylation is 1. The van der Waals surface area contributed by atoms with E-state index in [-0.39, 0.29) is 5.56 Å². The third kappa shape index (κ3) is 2.39. The van der Waals surface area contributed by atoms with Crippen LogP contribution in [0.1, 0.15) is 16.2 Å². The molecule has 0 aliphatic carbocycles. The summed E-state index contributed by atoms with van der Waals surface area (Å²) < 4.78 is 1.76. The maximum absolute atomic E-state index is 10.9. The number of carbonyl (C=O) groups is 1. The quantitative estimate of drug-likeness (QED) is 0.799. The van der Waals surface area contributed by atoms with Crippen molar-refractivity contribution in [3.63, 3.8) is 0 Å². The molecule has 0 saturated carbocycles. The number of anilines is 1. The highest BCUT2D eigenvalue weighted by Gasteiger charge is 2.10. The minimum Gasteiger partial charge on any atom is -0.478 e. The highest BCUT2D eigenvalue weighted by molar-refractivity contribution is 5.93. The first kappa shape index (κ1) is 11.1. The molecule has 0 fully saturated rings. The summed E-state index contributed by atoms with van der Waals surface area (Å²) in [5, 5.41) is 19.6. The number of nitrogens with zero attached hydrogens (tertiary/aromatic N) is 4. The summed E-state index contributed by atoms with van der Waals surface area (Å²) in [6, 6.07) is 1.61. The fourth-order valence-corrected chi connectivity index (χ4v) is 1.36. The Labute approximate surface area is 97.1 Å². The summed E-state index contributed by atoms with van der Waals surface area (Å²) in [4.78, 5) is 14.7. The molecule has 7 nitrogen and oxygen atoms in total. The van der Waals surface area contributed by atoms with Gasteiger partial charge in [-0.3, -0.25) is 4.98 Å². The molecular formula is C10H11N5O2. The van der Waals surface area contributed by atoms with Gasteiger partial charge in [-0.15, -0.1) is 10.2 Å². The van der Waals surface area contributed by atoms with E-state index >= 15 is 0 Å². The van der Waals surface area contributed by atoms with Crippen molar-refractivity contribution in [2.45, 2.75) is 6.54 Å². The second-order valence-electron chi connectivity index (χ2n) is 3.44. The average molecular weight is 233 g/mol. The van der Waals surface area contributed by atoms with Gasteiger partial charge in [-0.25, -0.2) is 4.79 Å². The predicted octanol–water partition coefficient (Wildman–Crippen LogP) is 0.520. The molecule has 0 unspecified atom stereocenters. The van der Waals surface area contributed by atoms with Crippen LogP contribution in [0.4, 0.5) is 5.69 Å². The molecule has 7 heteroatoms. The summed E-state index contributed by atoms with van der Waals surface area (Å²) in [7, 11) is 1.82. The molecule has 0 bridgehead atoms. The van der Waals surface area contributed by atoms with E-state index in [4.69, 9.17) is 5.11 Å². The van der Waals surface area contributed by atoms with Crippen molar-refractivity contribution in [3.8, 4) is 0 Å². The van der Waals surface area contributed by atoms with Crippen LogP contribution in [0.3, 0.4) is 0 Å². The average Bonchev–Trinajstić information content (AvgIpc) is 2.72. The Bertz CT molecular complexity index is 537. The van der Waals surface area contributed by atoms with Crippen molar-refractivity contribution in [1.82, 2.24) is 19.7 Å². The molecule has 0 aromatic carbocycles. The standard InChI is InChI=1S/C10H11N5O2/c1-15-6-13-14-9(15)5-12-8-2-3-11-4-7(8)10(16)17/h2-4,6H,5H2,1H3,(H,11,12)(H,16,17). The SMILES string of the molecule is Cn1cnnc1CNc1ccncc1C(=O)O. The van der Waals surface area contributed by atoms with E-state index in [1.165, 1.54) is 12.4 Å². The van der Waals surface area contributed by atoms with Crippen molar-refractivity contribution in [2.75, 3.05) is 5.32 Å². The number of carboxylic acids is 1. The van der Waals surface area contributed by atoms with Crippen molar-refractivity contribution in [1.29, 1.82) is 0 Å². The lowest BCUT2D eigenvalue weighted by molar-refractivity contribution is 0.0697. The van der Waals surface area contributed by atoms with Crippen LogP contribution in [0.5, 0.6) is 0 Å². The van der Waals surface area contributed by atoms with Crippen molar-refractivity contribution in [3.05, 3.63) is 36.2 Å². The number of rotatable bonds is 4. The maximum atomic E-state index is 10.9. The Morgan fingerprint density at radius 1 is 1.59 bits per heavy atom. The molecule has 88 valence electrons. The first-order valence-electron chi connectivity index (χ1n) is 4.92. The van der Waals surface area contributed by atoms with Gasteiger partial charge in [-0.2, -0.15) is 0 Å². The molecule has 0 aliphatic heterocycles. The van der Waals surface area contributed by atoms with Crippen LogP contribution >= 0.6 is 0 Å². The van der Waals surface area contributed by atoms with Crippen LogP contribution < -0.4 is 5.32 Å². The van der Waals surface area contributed by atoms with Crippen LogP contribution in [0.25, 0.3) is 0 Å². The van der Waals surface area contributed by atoms with E-state index in [0.717, 1.165) is 5.82 Å². The largest absolute Gasteiger partial charge is 0.478 e. The van der Waals surface area contributed by atoms with E-state index in [0.29, 0.717) is 12.2 Å². The van der Waals surface area contributed by atoms with Gasteiger partial charge >= 0.3 is 5.97 Å². The molecule has 2 rings (SSSR count). The van der Waals surface area contributed by atoms with Crippen LogP contribution in [-0.4, -0.2) is 30.8 Å². The van der Waals surface area contributed by atoms with E-state index in [1.54, 1.807) is 17.0 Å². The molecule has 2 aromatic rings. The zero-order chi connectivity index (χ0) is 12.3. The van der Waals surface area contributed by atoms with Gasteiger partial charge in [0.1, 0.15) is 11.9 Å². The van der Waals surface area contributed by atoms with E-state index < -0.39 is 5.97 Å². The van der Waals surface area contributed by atoms with Gasteiger partial charge in [0.05, 0.1) is 12.2 Å². The molecule has 0 radical (unpaired) electrons. The summed E-state index contributed by atoms with van der Waals surface area (Å²) in [6.45, 7) is 0.404. The molecule has 2 heterocycles. The number of carboxylic acid groups (broad SMARTS) is 1. The van der Waals surface area contributed by atoms with Gasteiger partial charge in [-0.1, -0.05) is 0 Å². The summed E-state index contributed by atoms with van der Waals surface area (Å²) >= 11 is 0. The Balaban J connectivity index is 2.14. The van der Waals surface area contributed by atoms with Crippen molar-refractivity contribution < 1.29 is 9.90 Å². The first-order valence-corrected chi connectivity index (χ1v) is 4.92. The molecule has 2 aromatic heterocycles. The van der Waals surface area contributed by atoms with Gasteiger partial charge in [0, 0.05) is 19.4 Å². The van der Waals surface area contributed by atoms with Gasteiger partial charge in [-0.05, 0) is 6.07 Å². The number of aromatic carboxylic acids is 1. The maximum Gasteiger partial charge on any atom is 0.339 e. The third-order valence-electron chi connectivity index (χ3n) is 2.29. The second kappa shape index (κ2) is 4.60. The Kier molecular flexibility index (Phi) is 2.99. The number of pyridine rings is 1. The molecule has 0 aliphatic rings. The number of hydrogen-bond donors (Lipinski definition) is 2. The second-order valence-corrected chi connectivity index (χ2v) is 3.44. The molecule has 0 amide bonds. The summed E-state index contributed by atoms with van der Waals surface area (Å²) in [5.74, 6) is -0.295. The monoisotopic (exact) mass is 233 g/mol. The molecule has 0 atom stereocenters. The van der Waals surface area contributed by atoms with E-state index in [9.17, 15) is 4.79 Å². The minimum atomic E-state index is -1.02. The highest BCUT2D eigenvalue weighted by atomic mass is 16.4. The van der Waals surface area contributed by atoms with Gasteiger partial charge < -0.3 is 15.0 Å². The topological polar surface area (TPSA) is 92.9 Å². The fourth-order valence-electron chi connectivity index (χ4n) is 1.36. The van der Waals surface area contributed by atoms with Gasteiger partial charge in [0.25, 0.3) is 0 Å². The Morgan fingerprint density at radius 3 is 3.06 bits per heavy atom. The Hall–Kier alpha value is -2.44. The smallest absolute Gasteiger partial charge is 0.339 e. The lowest BCUT2D eigenvalue weighted by Gasteiger charge is -2.08. The van der Waals surface area contributed by atoms with E-state index in [2.05, 4.69) is 20.5 Å². The fraction of sp³-hybridized carbons (Fsp3) is 0.200. The number of nitrogens with one attached hydrogen (secondary N) is 1. The van der Waals surface area contributed by atoms with Crippen molar-refractivity contribution >= 4 is 11.7 Å². The third-order valence-corrected chi connectivity index (χ3v) is 2.29. The van der Waals surface area contributed by atoms with E-state index in [1.807, 2.05) is 7.05 Å². The first-order chi connectivity index (χ1) is 8.18. The van der Waals surface area contributed by atoms with Crippen LogP contribution in [0, 0.1) is 0 Å². The highest BCUT2D eigenvalue weighted by Crippen LogP contribution is 2.14. The number of hydrogen-bond acceptors (Lipinski definition) is 5. The lowest BCUT2D eigenvalue weighted by atomic mass is 10.2. The summed E-state index contributed by atoms with van der Waals surface area (Å²) in [6.07, 6.45) is 4.43. The minimum absolute atomic E-state index is 0.134. The molecule has 0 spiro atoms.